The number of hydrogen-bond acceptors (Lipinski definition) is 5. The van der Waals surface area contributed by atoms with Crippen LogP contribution in [0.2, 0.25) is 0 Å². The number of aromatic hydroxyl groups is 1. The minimum Gasteiger partial charge on any atom is -0.504 e. The summed E-state index contributed by atoms with van der Waals surface area (Å²) in [6.45, 7) is 3.76. The zero-order valence-electron chi connectivity index (χ0n) is 11.4. The Labute approximate surface area is 111 Å². The topological polar surface area (TPSA) is 85.2 Å². The maximum atomic E-state index is 10.7. The Balaban J connectivity index is 3.66. The molecule has 19 heavy (non-hydrogen) atoms. The number of carbonyl (C=O) groups is 1. The second kappa shape index (κ2) is 6.17. The number of ether oxygens (including phenoxy) is 3. The fourth-order valence-corrected chi connectivity index (χ4v) is 2.10. The normalized spacial score (nSPS) is 10.1. The van der Waals surface area contributed by atoms with Gasteiger partial charge in [-0.2, -0.15) is 0 Å². The Morgan fingerprint density at radius 1 is 1.00 bits per heavy atom. The molecule has 0 saturated carbocycles. The van der Waals surface area contributed by atoms with Gasteiger partial charge >= 0.3 is 6.16 Å². The molecule has 6 heteroatoms. The SMILES string of the molecule is CCc1c(O)c(OC(=O)O)c(OC)c(OC)c1CC. The molecule has 0 spiro atoms. The highest BCUT2D eigenvalue weighted by atomic mass is 16.7. The lowest BCUT2D eigenvalue weighted by Gasteiger charge is -2.19. The highest BCUT2D eigenvalue weighted by Gasteiger charge is 2.26. The first kappa shape index (κ1) is 14.9. The first-order valence-electron chi connectivity index (χ1n) is 5.91. The summed E-state index contributed by atoms with van der Waals surface area (Å²) in [6.07, 6.45) is -0.392. The molecule has 0 bridgehead atoms. The van der Waals surface area contributed by atoms with Gasteiger partial charge in [0.2, 0.25) is 11.5 Å². The third-order valence-corrected chi connectivity index (χ3v) is 2.86. The number of phenols is 1. The average molecular weight is 270 g/mol. The van der Waals surface area contributed by atoms with Gasteiger partial charge in [0.05, 0.1) is 14.2 Å². The van der Waals surface area contributed by atoms with Crippen LogP contribution in [0.5, 0.6) is 23.0 Å². The molecule has 0 atom stereocenters. The number of carboxylic acid groups (broad SMARTS) is 1. The maximum absolute atomic E-state index is 10.7. The van der Waals surface area contributed by atoms with E-state index in [1.54, 1.807) is 0 Å². The van der Waals surface area contributed by atoms with Crippen LogP contribution in [0, 0.1) is 0 Å². The largest absolute Gasteiger partial charge is 0.511 e. The summed E-state index contributed by atoms with van der Waals surface area (Å²) in [5.74, 6) is 0.00708. The second-order valence-corrected chi connectivity index (χ2v) is 3.78. The van der Waals surface area contributed by atoms with Gasteiger partial charge in [0.1, 0.15) is 0 Å². The Kier molecular flexibility index (Phi) is 4.86. The molecule has 0 saturated heterocycles. The Morgan fingerprint density at radius 3 is 1.89 bits per heavy atom. The maximum Gasteiger partial charge on any atom is 0.511 e. The molecule has 2 N–H and O–H groups in total. The lowest BCUT2D eigenvalue weighted by atomic mass is 9.99. The van der Waals surface area contributed by atoms with Gasteiger partial charge in [-0.3, -0.25) is 0 Å². The number of phenolic OH excluding ortho intramolecular Hbond substituents is 1. The van der Waals surface area contributed by atoms with Crippen molar-refractivity contribution in [3.05, 3.63) is 11.1 Å². The summed E-state index contributed by atoms with van der Waals surface area (Å²) in [5.41, 5.74) is 1.37. The molecule has 1 aromatic carbocycles. The summed E-state index contributed by atoms with van der Waals surface area (Å²) >= 11 is 0. The zero-order valence-corrected chi connectivity index (χ0v) is 11.4. The monoisotopic (exact) mass is 270 g/mol. The van der Waals surface area contributed by atoms with E-state index in [-0.39, 0.29) is 17.2 Å². The van der Waals surface area contributed by atoms with Crippen molar-refractivity contribution in [1.29, 1.82) is 0 Å². The van der Waals surface area contributed by atoms with Crippen LogP contribution in [0.25, 0.3) is 0 Å². The lowest BCUT2D eigenvalue weighted by molar-refractivity contribution is 0.140. The third kappa shape index (κ3) is 2.67. The summed E-state index contributed by atoms with van der Waals surface area (Å²) in [5, 5.41) is 18.9. The van der Waals surface area contributed by atoms with E-state index in [4.69, 9.17) is 14.6 Å². The Hall–Kier alpha value is -2.11. The van der Waals surface area contributed by atoms with E-state index >= 15 is 0 Å². The number of rotatable bonds is 5. The average Bonchev–Trinajstić information content (AvgIpc) is 2.39. The molecule has 0 aliphatic heterocycles. The van der Waals surface area contributed by atoms with Crippen molar-refractivity contribution in [1.82, 2.24) is 0 Å². The molecule has 0 aliphatic rings. The molecule has 1 rings (SSSR count). The summed E-state index contributed by atoms with van der Waals surface area (Å²) < 4.78 is 15.0. The van der Waals surface area contributed by atoms with E-state index in [0.29, 0.717) is 24.2 Å². The fraction of sp³-hybridized carbons (Fsp3) is 0.462. The number of methoxy groups -OCH3 is 2. The summed E-state index contributed by atoms with van der Waals surface area (Å²) in [4.78, 5) is 10.7. The van der Waals surface area contributed by atoms with E-state index in [2.05, 4.69) is 4.74 Å². The molecule has 1 aromatic rings. The van der Waals surface area contributed by atoms with Crippen molar-refractivity contribution in [2.75, 3.05) is 14.2 Å². The van der Waals surface area contributed by atoms with Crippen LogP contribution < -0.4 is 14.2 Å². The molecule has 0 heterocycles. The smallest absolute Gasteiger partial charge is 0.504 e. The van der Waals surface area contributed by atoms with E-state index in [0.717, 1.165) is 5.56 Å². The van der Waals surface area contributed by atoms with Crippen LogP contribution in [0.15, 0.2) is 0 Å². The minimum absolute atomic E-state index is 0.0800. The van der Waals surface area contributed by atoms with Gasteiger partial charge in [0, 0.05) is 11.1 Å². The van der Waals surface area contributed by atoms with Crippen molar-refractivity contribution in [3.63, 3.8) is 0 Å². The number of benzene rings is 1. The zero-order chi connectivity index (χ0) is 14.6. The standard InChI is InChI=1S/C13H18O6/c1-5-7-8(6-2)10(17-3)12(18-4)11(9(7)14)19-13(15)16/h14H,5-6H2,1-4H3,(H,15,16). The van der Waals surface area contributed by atoms with Crippen LogP contribution in [0.1, 0.15) is 25.0 Å². The summed E-state index contributed by atoms with van der Waals surface area (Å²) in [6, 6.07) is 0. The van der Waals surface area contributed by atoms with Crippen molar-refractivity contribution >= 4 is 6.16 Å². The molecule has 0 unspecified atom stereocenters. The van der Waals surface area contributed by atoms with Crippen molar-refractivity contribution in [3.8, 4) is 23.0 Å². The highest BCUT2D eigenvalue weighted by molar-refractivity contribution is 5.72. The van der Waals surface area contributed by atoms with E-state index in [9.17, 15) is 9.90 Å². The van der Waals surface area contributed by atoms with Crippen LogP contribution >= 0.6 is 0 Å². The molecule has 0 aromatic heterocycles. The van der Waals surface area contributed by atoms with Crippen LogP contribution in [0.3, 0.4) is 0 Å². The van der Waals surface area contributed by atoms with Gasteiger partial charge in [-0.15, -0.1) is 0 Å². The van der Waals surface area contributed by atoms with E-state index < -0.39 is 6.16 Å². The van der Waals surface area contributed by atoms with Crippen LogP contribution in [-0.4, -0.2) is 30.6 Å². The molecular formula is C13H18O6. The van der Waals surface area contributed by atoms with E-state index in [1.807, 2.05) is 13.8 Å². The Bertz CT molecular complexity index is 481. The van der Waals surface area contributed by atoms with Gasteiger partial charge in [0.15, 0.2) is 11.5 Å². The quantitative estimate of drug-likeness (QED) is 0.632. The van der Waals surface area contributed by atoms with Crippen LogP contribution in [0.4, 0.5) is 4.79 Å². The van der Waals surface area contributed by atoms with Crippen LogP contribution in [-0.2, 0) is 12.8 Å². The van der Waals surface area contributed by atoms with Crippen molar-refractivity contribution in [2.24, 2.45) is 0 Å². The number of hydrogen-bond donors (Lipinski definition) is 2. The van der Waals surface area contributed by atoms with Crippen molar-refractivity contribution < 1.29 is 29.2 Å². The first-order chi connectivity index (χ1) is 9.01. The Morgan fingerprint density at radius 2 is 1.53 bits per heavy atom. The van der Waals surface area contributed by atoms with Gasteiger partial charge in [0.25, 0.3) is 0 Å². The molecule has 0 amide bonds. The van der Waals surface area contributed by atoms with Gasteiger partial charge in [-0.1, -0.05) is 13.8 Å². The van der Waals surface area contributed by atoms with Gasteiger partial charge in [-0.25, -0.2) is 4.79 Å². The fourth-order valence-electron chi connectivity index (χ4n) is 2.10. The third-order valence-electron chi connectivity index (χ3n) is 2.86. The predicted octanol–water partition coefficient (Wildman–Crippen LogP) is 2.59. The molecule has 0 aliphatic carbocycles. The predicted molar refractivity (Wildman–Crippen MR) is 68.6 cm³/mol. The second-order valence-electron chi connectivity index (χ2n) is 3.78. The summed E-state index contributed by atoms with van der Waals surface area (Å²) in [7, 11) is 2.81. The van der Waals surface area contributed by atoms with Gasteiger partial charge in [-0.05, 0) is 12.8 Å². The molecule has 6 nitrogen and oxygen atoms in total. The van der Waals surface area contributed by atoms with E-state index in [1.165, 1.54) is 14.2 Å². The molecule has 0 fully saturated rings. The molecule has 0 radical (unpaired) electrons. The van der Waals surface area contributed by atoms with Gasteiger partial charge < -0.3 is 24.4 Å². The molecule has 106 valence electrons. The van der Waals surface area contributed by atoms with Crippen molar-refractivity contribution in [2.45, 2.75) is 26.7 Å². The minimum atomic E-state index is -1.53. The molecular weight excluding hydrogens is 252 g/mol. The lowest BCUT2D eigenvalue weighted by Crippen LogP contribution is -2.08. The first-order valence-corrected chi connectivity index (χ1v) is 5.91. The highest BCUT2D eigenvalue weighted by Crippen LogP contribution is 2.49.